The quantitative estimate of drug-likeness (QED) is 0.0711. The van der Waals surface area contributed by atoms with Gasteiger partial charge in [-0.1, -0.05) is 96.8 Å². The maximum Gasteiger partial charge on any atom is 0.333 e. The average Bonchev–Trinajstić information content (AvgIpc) is 2.78. The number of unbranched alkanes of at least 4 members (excludes halogenated alkanes) is 14. The van der Waals surface area contributed by atoms with Crippen LogP contribution in [-0.4, -0.2) is 36.9 Å². The summed E-state index contributed by atoms with van der Waals surface area (Å²) >= 11 is 0. The first-order chi connectivity index (χ1) is 15.4. The number of nitrogens with zero attached hydrogens (tertiary/aromatic N) is 1. The number of hydrogen-bond acceptors (Lipinski definition) is 5. The van der Waals surface area contributed by atoms with E-state index >= 15 is 0 Å². The van der Waals surface area contributed by atoms with E-state index in [2.05, 4.69) is 11.9 Å². The second kappa shape index (κ2) is 20.0. The Morgan fingerprint density at radius 3 is 1.59 bits per heavy atom. The van der Waals surface area contributed by atoms with Gasteiger partial charge < -0.3 is 21.9 Å². The van der Waals surface area contributed by atoms with Crippen LogP contribution in [0.3, 0.4) is 0 Å². The number of guanidine groups is 1. The molecular formula is C25H50N4O3. The van der Waals surface area contributed by atoms with Crippen molar-refractivity contribution >= 4 is 17.7 Å². The molecule has 0 aliphatic carbocycles. The molecule has 0 aliphatic rings. The summed E-state index contributed by atoms with van der Waals surface area (Å²) in [6, 6.07) is 0. The minimum Gasteiger partial charge on any atom is -0.467 e. The van der Waals surface area contributed by atoms with Crippen molar-refractivity contribution in [1.29, 1.82) is 0 Å². The molecule has 7 nitrogen and oxygen atoms in total. The number of carbonyl (C=O) groups excluding carboxylic acids is 2. The summed E-state index contributed by atoms with van der Waals surface area (Å²) in [5, 5.41) is 0. The highest BCUT2D eigenvalue weighted by Crippen LogP contribution is 2.19. The summed E-state index contributed by atoms with van der Waals surface area (Å²) in [5.41, 5.74) is 15.1. The van der Waals surface area contributed by atoms with Crippen LogP contribution in [-0.2, 0) is 14.3 Å². The van der Waals surface area contributed by atoms with E-state index < -0.39 is 11.5 Å². The van der Waals surface area contributed by atoms with Crippen LogP contribution in [0.4, 0.5) is 0 Å². The van der Waals surface area contributed by atoms with Crippen molar-refractivity contribution in [1.82, 2.24) is 0 Å². The molecular weight excluding hydrogens is 404 g/mol. The van der Waals surface area contributed by atoms with Gasteiger partial charge in [0.2, 0.25) is 0 Å². The van der Waals surface area contributed by atoms with Gasteiger partial charge in [-0.25, -0.2) is 4.79 Å². The summed E-state index contributed by atoms with van der Waals surface area (Å²) in [5.74, 6) is -0.966. The van der Waals surface area contributed by atoms with Crippen LogP contribution in [0.25, 0.3) is 0 Å². The molecule has 0 fully saturated rings. The fourth-order valence-electron chi connectivity index (χ4n) is 3.98. The molecule has 0 saturated heterocycles. The van der Waals surface area contributed by atoms with Crippen LogP contribution in [0, 0.1) is 0 Å². The van der Waals surface area contributed by atoms with E-state index in [1.807, 2.05) is 0 Å². The molecule has 0 radical (unpaired) electrons. The number of carbonyl (C=O) groups is 2. The highest BCUT2D eigenvalue weighted by Gasteiger charge is 2.41. The first-order valence-corrected chi connectivity index (χ1v) is 12.8. The van der Waals surface area contributed by atoms with E-state index in [0.29, 0.717) is 19.4 Å². The average molecular weight is 455 g/mol. The van der Waals surface area contributed by atoms with Crippen LogP contribution in [0.15, 0.2) is 4.99 Å². The fraction of sp³-hybridized carbons (Fsp3) is 0.880. The lowest BCUT2D eigenvalue weighted by Crippen LogP contribution is -2.55. The number of ether oxygens (including phenoxy) is 1. The third-order valence-corrected chi connectivity index (χ3v) is 6.08. The minimum absolute atomic E-state index is 0.0187. The molecule has 0 aromatic carbocycles. The lowest BCUT2D eigenvalue weighted by atomic mass is 9.86. The summed E-state index contributed by atoms with van der Waals surface area (Å²) in [4.78, 5) is 28.6. The number of Topliss-reactive ketones (excluding diaryl/α,β-unsaturated/α-hetero) is 1. The molecule has 0 aromatic rings. The van der Waals surface area contributed by atoms with Crippen LogP contribution in [0.5, 0.6) is 0 Å². The van der Waals surface area contributed by atoms with Crippen LogP contribution >= 0.6 is 0 Å². The Bertz CT molecular complexity index is 521. The molecule has 6 N–H and O–H groups in total. The Balaban J connectivity index is 3.83. The maximum atomic E-state index is 12.6. The largest absolute Gasteiger partial charge is 0.467 e. The lowest BCUT2D eigenvalue weighted by Gasteiger charge is -2.24. The van der Waals surface area contributed by atoms with Gasteiger partial charge in [0, 0.05) is 13.0 Å². The second-order valence-electron chi connectivity index (χ2n) is 9.00. The predicted molar refractivity (Wildman–Crippen MR) is 133 cm³/mol. The summed E-state index contributed by atoms with van der Waals surface area (Å²) in [7, 11) is 1.25. The van der Waals surface area contributed by atoms with Gasteiger partial charge in [-0.2, -0.15) is 0 Å². The summed E-state index contributed by atoms with van der Waals surface area (Å²) in [6.45, 7) is 2.58. The Hall–Kier alpha value is -1.63. The van der Waals surface area contributed by atoms with Gasteiger partial charge in [0.05, 0.1) is 7.11 Å². The smallest absolute Gasteiger partial charge is 0.333 e. The zero-order valence-electron chi connectivity index (χ0n) is 20.8. The van der Waals surface area contributed by atoms with Crippen molar-refractivity contribution < 1.29 is 14.3 Å². The van der Waals surface area contributed by atoms with E-state index in [4.69, 9.17) is 21.9 Å². The zero-order chi connectivity index (χ0) is 24.1. The van der Waals surface area contributed by atoms with Crippen LogP contribution < -0.4 is 17.2 Å². The van der Waals surface area contributed by atoms with Crippen molar-refractivity contribution in [2.45, 2.75) is 128 Å². The monoisotopic (exact) mass is 454 g/mol. The minimum atomic E-state index is -1.61. The van der Waals surface area contributed by atoms with E-state index in [1.54, 1.807) is 0 Å². The molecule has 0 spiro atoms. The van der Waals surface area contributed by atoms with Crippen molar-refractivity contribution in [3.63, 3.8) is 0 Å². The van der Waals surface area contributed by atoms with Crippen LogP contribution in [0.2, 0.25) is 0 Å². The summed E-state index contributed by atoms with van der Waals surface area (Å²) < 4.78 is 4.77. The second-order valence-corrected chi connectivity index (χ2v) is 9.00. The molecule has 0 aliphatic heterocycles. The number of nitrogens with two attached hydrogens (primary N) is 3. The fourth-order valence-corrected chi connectivity index (χ4v) is 3.98. The number of esters is 1. The predicted octanol–water partition coefficient (Wildman–Crippen LogP) is 4.74. The van der Waals surface area contributed by atoms with Gasteiger partial charge in [-0.3, -0.25) is 9.79 Å². The molecule has 0 rings (SSSR count). The topological polar surface area (TPSA) is 134 Å². The Kier molecular flexibility index (Phi) is 19.0. The number of rotatable bonds is 22. The van der Waals surface area contributed by atoms with Crippen molar-refractivity contribution in [3.8, 4) is 0 Å². The van der Waals surface area contributed by atoms with E-state index in [9.17, 15) is 9.59 Å². The van der Waals surface area contributed by atoms with E-state index in [-0.39, 0.29) is 18.2 Å². The Labute approximate surface area is 196 Å². The van der Waals surface area contributed by atoms with E-state index in [1.165, 1.54) is 84.2 Å². The Morgan fingerprint density at radius 2 is 1.19 bits per heavy atom. The third-order valence-electron chi connectivity index (χ3n) is 6.08. The molecule has 0 saturated carbocycles. The van der Waals surface area contributed by atoms with Crippen molar-refractivity contribution in [2.24, 2.45) is 22.2 Å². The number of ketones is 1. The molecule has 0 unspecified atom stereocenters. The molecule has 0 heterocycles. The Morgan fingerprint density at radius 1 is 0.750 bits per heavy atom. The normalized spacial score (nSPS) is 12.8. The lowest BCUT2D eigenvalue weighted by molar-refractivity contribution is -0.151. The highest BCUT2D eigenvalue weighted by molar-refractivity contribution is 6.08. The number of methoxy groups -OCH3 is 1. The SMILES string of the molecule is CCCCCCCCCCCCCCCCCC(=O)[C@](N)(CCCN=C(N)N)C(=O)OC. The van der Waals surface area contributed by atoms with Gasteiger partial charge in [0.1, 0.15) is 0 Å². The molecule has 7 heteroatoms. The zero-order valence-corrected chi connectivity index (χ0v) is 20.8. The van der Waals surface area contributed by atoms with Gasteiger partial charge in [-0.05, 0) is 19.3 Å². The molecule has 188 valence electrons. The molecule has 0 bridgehead atoms. The molecule has 0 amide bonds. The van der Waals surface area contributed by atoms with Crippen LogP contribution in [0.1, 0.15) is 122 Å². The van der Waals surface area contributed by atoms with Crippen molar-refractivity contribution in [2.75, 3.05) is 13.7 Å². The number of aliphatic imine (C=N–C) groups is 1. The first kappa shape index (κ1) is 30.4. The number of hydrogen-bond donors (Lipinski definition) is 3. The van der Waals surface area contributed by atoms with Gasteiger partial charge in [0.25, 0.3) is 0 Å². The standard InChI is InChI=1S/C25H50N4O3/c1-3-4-5-6-7-8-9-10-11-12-13-14-15-16-17-19-22(30)25(28,23(31)32-2)20-18-21-29-24(26)27/h3-21,28H2,1-2H3,(H4,26,27,29)/t25-/m1/s1. The maximum absolute atomic E-state index is 12.6. The summed E-state index contributed by atoms with van der Waals surface area (Å²) in [6.07, 6.45) is 19.9. The van der Waals surface area contributed by atoms with Gasteiger partial charge >= 0.3 is 5.97 Å². The molecule has 0 aromatic heterocycles. The highest BCUT2D eigenvalue weighted by atomic mass is 16.5. The van der Waals surface area contributed by atoms with Gasteiger partial charge in [0.15, 0.2) is 17.3 Å². The molecule has 32 heavy (non-hydrogen) atoms. The molecule has 1 atom stereocenters. The first-order valence-electron chi connectivity index (χ1n) is 12.8. The van der Waals surface area contributed by atoms with E-state index in [0.717, 1.165) is 19.3 Å². The van der Waals surface area contributed by atoms with Crippen molar-refractivity contribution in [3.05, 3.63) is 0 Å². The van der Waals surface area contributed by atoms with Gasteiger partial charge in [-0.15, -0.1) is 0 Å². The third kappa shape index (κ3) is 15.2.